The molecule has 4 atom stereocenters. The van der Waals surface area contributed by atoms with Gasteiger partial charge in [0.25, 0.3) is 0 Å². The van der Waals surface area contributed by atoms with Crippen molar-refractivity contribution in [2.24, 2.45) is 23.5 Å². The highest BCUT2D eigenvalue weighted by Gasteiger charge is 2.26. The van der Waals surface area contributed by atoms with Crippen molar-refractivity contribution in [2.75, 3.05) is 45.5 Å². The fourth-order valence-corrected chi connectivity index (χ4v) is 5.09. The minimum Gasteiger partial charge on any atom is -0.493 e. The average molecular weight is 595 g/mol. The van der Waals surface area contributed by atoms with Gasteiger partial charge in [-0.1, -0.05) is 33.8 Å². The van der Waals surface area contributed by atoms with Crippen molar-refractivity contribution in [2.45, 2.75) is 71.9 Å². The lowest BCUT2D eigenvalue weighted by Gasteiger charge is -2.28. The maximum Gasteiger partial charge on any atom is 0.222 e. The number of benzene rings is 1. The lowest BCUT2D eigenvalue weighted by Crippen LogP contribution is -2.41. The monoisotopic (exact) mass is 594 g/mol. The topological polar surface area (TPSA) is 137 Å². The lowest BCUT2D eigenvalue weighted by molar-refractivity contribution is -0.125. The first-order chi connectivity index (χ1) is 17.9. The predicted octanol–water partition coefficient (Wildman–Crippen LogP) is 3.39. The maximum atomic E-state index is 12.4. The predicted molar refractivity (Wildman–Crippen MR) is 159 cm³/mol. The van der Waals surface area contributed by atoms with E-state index in [1.807, 2.05) is 18.2 Å². The number of carbonyl (C=O) groups excluding carboxylic acids is 1. The number of aliphatic hydroxyl groups is 1. The molecule has 0 spiro atoms. The van der Waals surface area contributed by atoms with Crippen LogP contribution >= 0.6 is 12.4 Å². The Bertz CT molecular complexity index is 930. The van der Waals surface area contributed by atoms with E-state index in [-0.39, 0.29) is 42.2 Å². The minimum atomic E-state index is -3.05. The molecule has 0 fully saturated rings. The first kappa shape index (κ1) is 37.4. The number of carbonyl (C=O) groups is 1. The van der Waals surface area contributed by atoms with Gasteiger partial charge < -0.3 is 30.4 Å². The van der Waals surface area contributed by atoms with Gasteiger partial charge in [0.05, 0.1) is 25.6 Å². The van der Waals surface area contributed by atoms with Crippen LogP contribution in [-0.2, 0) is 25.8 Å². The number of methoxy groups -OCH3 is 2. The van der Waals surface area contributed by atoms with Crippen molar-refractivity contribution in [3.8, 4) is 11.5 Å². The van der Waals surface area contributed by atoms with E-state index >= 15 is 0 Å². The van der Waals surface area contributed by atoms with Gasteiger partial charge in [0, 0.05) is 44.4 Å². The third kappa shape index (κ3) is 14.6. The van der Waals surface area contributed by atoms with E-state index in [2.05, 4.69) is 19.2 Å². The molecule has 0 aliphatic heterocycles. The molecule has 11 heteroatoms. The lowest BCUT2D eigenvalue weighted by atomic mass is 9.82. The zero-order valence-electron chi connectivity index (χ0n) is 24.5. The Labute approximate surface area is 241 Å². The van der Waals surface area contributed by atoms with Crippen molar-refractivity contribution in [3.63, 3.8) is 0 Å². The highest BCUT2D eigenvalue weighted by molar-refractivity contribution is 7.91. The summed E-state index contributed by atoms with van der Waals surface area (Å²) in [4.78, 5) is 12.4. The molecule has 1 aromatic rings. The first-order valence-corrected chi connectivity index (χ1v) is 15.5. The Hall–Kier alpha value is -1.59. The molecule has 0 heterocycles. The minimum absolute atomic E-state index is 0. The van der Waals surface area contributed by atoms with E-state index in [0.717, 1.165) is 18.4 Å². The van der Waals surface area contributed by atoms with E-state index in [9.17, 15) is 18.3 Å². The molecule has 0 bridgehead atoms. The molecular formula is C28H51ClN2O7S. The van der Waals surface area contributed by atoms with Gasteiger partial charge in [-0.3, -0.25) is 4.79 Å². The number of rotatable bonds is 20. The molecule has 0 aromatic heterocycles. The summed E-state index contributed by atoms with van der Waals surface area (Å²) in [7, 11) is 0.233. The second-order valence-corrected chi connectivity index (χ2v) is 12.8. The maximum absolute atomic E-state index is 12.4. The Kier molecular flexibility index (Phi) is 18.7. The number of aliphatic hydroxyl groups excluding tert-OH is 1. The third-order valence-corrected chi connectivity index (χ3v) is 8.69. The van der Waals surface area contributed by atoms with Crippen LogP contribution in [0.2, 0.25) is 0 Å². The van der Waals surface area contributed by atoms with Crippen LogP contribution in [0.1, 0.15) is 58.9 Å². The van der Waals surface area contributed by atoms with E-state index in [4.69, 9.17) is 19.9 Å². The van der Waals surface area contributed by atoms with Crippen molar-refractivity contribution in [1.82, 2.24) is 5.32 Å². The number of hydrogen-bond acceptors (Lipinski definition) is 8. The average Bonchev–Trinajstić information content (AvgIpc) is 2.88. The van der Waals surface area contributed by atoms with E-state index in [1.54, 1.807) is 28.1 Å². The molecule has 1 amide bonds. The molecule has 0 radical (unpaired) electrons. The van der Waals surface area contributed by atoms with Crippen LogP contribution in [-0.4, -0.2) is 77.1 Å². The fourth-order valence-electron chi connectivity index (χ4n) is 4.21. The molecule has 1 aromatic carbocycles. The molecule has 228 valence electrons. The summed E-state index contributed by atoms with van der Waals surface area (Å²) >= 11 is 0. The Morgan fingerprint density at radius 2 is 1.77 bits per heavy atom. The largest absolute Gasteiger partial charge is 0.493 e. The van der Waals surface area contributed by atoms with Crippen molar-refractivity contribution < 1.29 is 32.5 Å². The normalized spacial score (nSPS) is 14.7. The Balaban J connectivity index is 0.0000144. The number of hydrogen-bond donors (Lipinski definition) is 3. The molecule has 0 saturated heterocycles. The molecule has 0 aliphatic rings. The summed E-state index contributed by atoms with van der Waals surface area (Å²) in [6.45, 7) is 9.09. The number of sulfone groups is 1. The van der Waals surface area contributed by atoms with Crippen LogP contribution < -0.4 is 20.5 Å². The number of nitrogens with two attached hydrogens (primary N) is 1. The van der Waals surface area contributed by atoms with E-state index < -0.39 is 27.9 Å². The molecule has 4 N–H and O–H groups in total. The molecule has 0 saturated carbocycles. The van der Waals surface area contributed by atoms with Gasteiger partial charge in [-0.25, -0.2) is 8.42 Å². The summed E-state index contributed by atoms with van der Waals surface area (Å²) in [5, 5.41) is 13.5. The SMILES string of the molecule is CCS(=O)(=O)CCCNC(=O)[C@H](C)C[C@H](O)[C@@H](N)C[C@H](Cc1ccc(OC)c(OCCCOC)c1)C(C)C.Cl. The van der Waals surface area contributed by atoms with Crippen LogP contribution in [0.3, 0.4) is 0 Å². The van der Waals surface area contributed by atoms with Crippen LogP contribution in [0.15, 0.2) is 18.2 Å². The van der Waals surface area contributed by atoms with Gasteiger partial charge in [-0.15, -0.1) is 12.4 Å². The Morgan fingerprint density at radius 1 is 1.08 bits per heavy atom. The fraction of sp³-hybridized carbons (Fsp3) is 0.750. The highest BCUT2D eigenvalue weighted by atomic mass is 35.5. The van der Waals surface area contributed by atoms with Crippen LogP contribution in [0, 0.1) is 17.8 Å². The van der Waals surface area contributed by atoms with Gasteiger partial charge in [0.1, 0.15) is 9.84 Å². The van der Waals surface area contributed by atoms with Crippen LogP contribution in [0.5, 0.6) is 11.5 Å². The van der Waals surface area contributed by atoms with Crippen LogP contribution in [0.25, 0.3) is 0 Å². The summed E-state index contributed by atoms with van der Waals surface area (Å²) in [5.74, 6) is 1.44. The van der Waals surface area contributed by atoms with Gasteiger partial charge in [0.2, 0.25) is 5.91 Å². The first-order valence-electron chi connectivity index (χ1n) is 13.6. The molecule has 1 rings (SSSR count). The second kappa shape index (κ2) is 19.5. The van der Waals surface area contributed by atoms with Gasteiger partial charge in [-0.05, 0) is 55.2 Å². The van der Waals surface area contributed by atoms with Crippen molar-refractivity contribution in [1.29, 1.82) is 0 Å². The second-order valence-electron chi connectivity index (χ2n) is 10.4. The molecule has 0 aliphatic carbocycles. The van der Waals surface area contributed by atoms with Gasteiger partial charge in [-0.2, -0.15) is 0 Å². The number of nitrogens with one attached hydrogen (secondary N) is 1. The number of amides is 1. The van der Waals surface area contributed by atoms with Crippen LogP contribution in [0.4, 0.5) is 0 Å². The van der Waals surface area contributed by atoms with Crippen molar-refractivity contribution in [3.05, 3.63) is 23.8 Å². The number of ether oxygens (including phenoxy) is 3. The van der Waals surface area contributed by atoms with Gasteiger partial charge in [0.15, 0.2) is 11.5 Å². The standard InChI is InChI=1S/C28H50N2O7S.ClH/c1-7-38(33,34)15-8-12-30-28(32)21(4)16-25(31)24(29)19-23(20(2)3)17-22-10-11-26(36-6)27(18-22)37-14-9-13-35-5;/h10-11,18,20-21,23-25,31H,7-9,12-17,19,29H2,1-6H3,(H,30,32);1H/t21-,23+,24+,25+;/m1./s1. The number of halogens is 1. The Morgan fingerprint density at radius 3 is 2.36 bits per heavy atom. The third-order valence-electron chi connectivity index (χ3n) is 6.90. The molecule has 9 nitrogen and oxygen atoms in total. The van der Waals surface area contributed by atoms with E-state index in [0.29, 0.717) is 50.0 Å². The quantitative estimate of drug-likeness (QED) is 0.195. The van der Waals surface area contributed by atoms with Crippen molar-refractivity contribution >= 4 is 28.2 Å². The smallest absolute Gasteiger partial charge is 0.222 e. The summed E-state index contributed by atoms with van der Waals surface area (Å²) < 4.78 is 39.6. The molecule has 39 heavy (non-hydrogen) atoms. The van der Waals surface area contributed by atoms with E-state index in [1.165, 1.54) is 0 Å². The van der Waals surface area contributed by atoms with Gasteiger partial charge >= 0.3 is 0 Å². The summed E-state index contributed by atoms with van der Waals surface area (Å²) in [6, 6.07) is 5.46. The summed E-state index contributed by atoms with van der Waals surface area (Å²) in [6.07, 6.45) is 1.95. The molecule has 0 unspecified atom stereocenters. The zero-order chi connectivity index (χ0) is 28.7. The summed E-state index contributed by atoms with van der Waals surface area (Å²) in [5.41, 5.74) is 7.51. The zero-order valence-corrected chi connectivity index (χ0v) is 26.1. The highest BCUT2D eigenvalue weighted by Crippen LogP contribution is 2.31. The molecular weight excluding hydrogens is 544 g/mol.